The lowest BCUT2D eigenvalue weighted by Gasteiger charge is -2.43. The number of rotatable bonds is 0. The van der Waals surface area contributed by atoms with Crippen molar-refractivity contribution in [1.29, 1.82) is 0 Å². The Kier molecular flexibility index (Phi) is 1.71. The van der Waals surface area contributed by atoms with Crippen molar-refractivity contribution in [3.05, 3.63) is 47.0 Å². The normalized spacial score (nSPS) is 33.8. The first-order valence-corrected chi connectivity index (χ1v) is 7.63. The quantitative estimate of drug-likeness (QED) is 0.719. The van der Waals surface area contributed by atoms with Crippen molar-refractivity contribution in [1.82, 2.24) is 0 Å². The fourth-order valence-corrected chi connectivity index (χ4v) is 5.08. The third-order valence-electron chi connectivity index (χ3n) is 4.86. The van der Waals surface area contributed by atoms with E-state index in [0.29, 0.717) is 18.1 Å². The van der Waals surface area contributed by atoms with Crippen LogP contribution >= 0.6 is 11.8 Å². The highest BCUT2D eigenvalue weighted by Crippen LogP contribution is 2.67. The summed E-state index contributed by atoms with van der Waals surface area (Å²) >= 11 is 1.82. The molecule has 0 radical (unpaired) electrons. The highest BCUT2D eigenvalue weighted by molar-refractivity contribution is 8.03. The molecule has 0 amide bonds. The Hall–Kier alpha value is -1.48. The van der Waals surface area contributed by atoms with Gasteiger partial charge in [-0.05, 0) is 24.5 Å². The first kappa shape index (κ1) is 10.3. The largest absolute Gasteiger partial charge is 0.342 e. The number of allylic oxidation sites excluding steroid dienone is 3. The van der Waals surface area contributed by atoms with E-state index in [0.717, 1.165) is 13.0 Å². The molecule has 5 rings (SSSR count). The van der Waals surface area contributed by atoms with E-state index in [2.05, 4.69) is 41.3 Å². The number of benzene rings is 1. The molecule has 2 fully saturated rings. The molecule has 2 heterocycles. The average Bonchev–Trinajstić information content (AvgIpc) is 3.17. The van der Waals surface area contributed by atoms with E-state index < -0.39 is 0 Å². The first-order chi connectivity index (χ1) is 9.30. The maximum absolute atomic E-state index is 12.4. The second-order valence-electron chi connectivity index (χ2n) is 5.75. The summed E-state index contributed by atoms with van der Waals surface area (Å²) < 4.78 is 0. The summed E-state index contributed by atoms with van der Waals surface area (Å²) in [6, 6.07) is 8.55. The summed E-state index contributed by atoms with van der Waals surface area (Å²) in [6.07, 6.45) is 6.21. The van der Waals surface area contributed by atoms with Crippen LogP contribution in [0.1, 0.15) is 12.8 Å². The molecule has 4 aliphatic rings. The van der Waals surface area contributed by atoms with Crippen molar-refractivity contribution >= 4 is 23.2 Å². The van der Waals surface area contributed by atoms with Gasteiger partial charge in [0, 0.05) is 28.5 Å². The summed E-state index contributed by atoms with van der Waals surface area (Å²) in [5.41, 5.74) is 2.45. The van der Waals surface area contributed by atoms with Gasteiger partial charge < -0.3 is 4.90 Å². The van der Waals surface area contributed by atoms with Crippen LogP contribution in [0.4, 0.5) is 5.69 Å². The lowest BCUT2D eigenvalue weighted by Crippen LogP contribution is -2.43. The maximum Gasteiger partial charge on any atom is 0.147 e. The van der Waals surface area contributed by atoms with Gasteiger partial charge in [-0.1, -0.05) is 36.0 Å². The zero-order valence-corrected chi connectivity index (χ0v) is 11.2. The second kappa shape index (κ2) is 3.15. The van der Waals surface area contributed by atoms with Gasteiger partial charge in [0.05, 0.1) is 11.1 Å². The SMILES string of the molecule is O=C1CCN2C3=C(C=CC4CC134)Sc1ccccc12. The van der Waals surface area contributed by atoms with Gasteiger partial charge in [-0.2, -0.15) is 0 Å². The van der Waals surface area contributed by atoms with E-state index >= 15 is 0 Å². The van der Waals surface area contributed by atoms with Crippen LogP contribution < -0.4 is 4.90 Å². The molecule has 2 atom stereocenters. The molecule has 1 aromatic rings. The topological polar surface area (TPSA) is 20.3 Å². The second-order valence-corrected chi connectivity index (χ2v) is 6.83. The Balaban J connectivity index is 1.77. The molecule has 3 heteroatoms. The first-order valence-electron chi connectivity index (χ1n) is 6.81. The van der Waals surface area contributed by atoms with Crippen molar-refractivity contribution in [3.63, 3.8) is 0 Å². The molecule has 0 aromatic heterocycles. The number of nitrogens with zero attached hydrogens (tertiary/aromatic N) is 1. The number of anilines is 1. The molecule has 94 valence electrons. The number of hydrogen-bond donors (Lipinski definition) is 0. The van der Waals surface area contributed by atoms with E-state index in [9.17, 15) is 4.79 Å². The van der Waals surface area contributed by atoms with Crippen molar-refractivity contribution in [2.45, 2.75) is 17.7 Å². The van der Waals surface area contributed by atoms with Crippen molar-refractivity contribution in [3.8, 4) is 0 Å². The smallest absolute Gasteiger partial charge is 0.147 e. The predicted octanol–water partition coefficient (Wildman–Crippen LogP) is 3.36. The monoisotopic (exact) mass is 267 g/mol. The summed E-state index contributed by atoms with van der Waals surface area (Å²) in [6.45, 7) is 0.845. The van der Waals surface area contributed by atoms with Gasteiger partial charge in [-0.3, -0.25) is 4.79 Å². The van der Waals surface area contributed by atoms with Crippen LogP contribution in [-0.2, 0) is 4.79 Å². The number of Topliss-reactive ketones (excluding diaryl/α,β-unsaturated/α-hetero) is 1. The van der Waals surface area contributed by atoms with Gasteiger partial charge in [-0.15, -0.1) is 0 Å². The van der Waals surface area contributed by atoms with Crippen molar-refractivity contribution < 1.29 is 4.79 Å². The molecule has 2 aliphatic heterocycles. The number of carbonyl (C=O) groups is 1. The summed E-state index contributed by atoms with van der Waals surface area (Å²) in [7, 11) is 0. The van der Waals surface area contributed by atoms with Crippen LogP contribution in [0.25, 0.3) is 0 Å². The molecule has 1 saturated carbocycles. The van der Waals surface area contributed by atoms with E-state index in [-0.39, 0.29) is 5.41 Å². The molecule has 1 aromatic carbocycles. The Morgan fingerprint density at radius 1 is 1.32 bits per heavy atom. The van der Waals surface area contributed by atoms with Crippen LogP contribution in [0.15, 0.2) is 51.9 Å². The number of hydrogen-bond acceptors (Lipinski definition) is 3. The van der Waals surface area contributed by atoms with Crippen molar-refractivity contribution in [2.75, 3.05) is 11.4 Å². The molecule has 0 N–H and O–H groups in total. The third-order valence-corrected chi connectivity index (χ3v) is 5.97. The van der Waals surface area contributed by atoms with Crippen LogP contribution in [0.5, 0.6) is 0 Å². The zero-order valence-electron chi connectivity index (χ0n) is 10.4. The predicted molar refractivity (Wildman–Crippen MR) is 76.0 cm³/mol. The lowest BCUT2D eigenvalue weighted by atomic mass is 9.84. The number of ketones is 1. The van der Waals surface area contributed by atoms with Gasteiger partial charge in [0.1, 0.15) is 5.78 Å². The Labute approximate surface area is 116 Å². The number of fused-ring (bicyclic) bond motifs is 2. The summed E-state index contributed by atoms with van der Waals surface area (Å²) in [4.78, 5) is 17.4. The van der Waals surface area contributed by atoms with Crippen LogP contribution in [0, 0.1) is 11.3 Å². The fourth-order valence-electron chi connectivity index (χ4n) is 3.88. The molecule has 2 aliphatic carbocycles. The van der Waals surface area contributed by atoms with E-state index in [4.69, 9.17) is 0 Å². The van der Waals surface area contributed by atoms with Gasteiger partial charge in [0.2, 0.25) is 0 Å². The standard InChI is InChI=1S/C16H13NOS/c18-14-7-8-17-11-3-1-2-4-12(11)19-13-6-5-10-9-16(10,14)15(13)17/h1-6,10H,7-9H2. The van der Waals surface area contributed by atoms with Crippen LogP contribution in [0.2, 0.25) is 0 Å². The molecule has 1 saturated heterocycles. The molecular weight excluding hydrogens is 254 g/mol. The van der Waals surface area contributed by atoms with Gasteiger partial charge in [-0.25, -0.2) is 0 Å². The molecular formula is C16H13NOS. The fraction of sp³-hybridized carbons (Fsp3) is 0.312. The summed E-state index contributed by atoms with van der Waals surface area (Å²) in [5, 5.41) is 0. The van der Waals surface area contributed by atoms with Crippen LogP contribution in [0.3, 0.4) is 0 Å². The minimum Gasteiger partial charge on any atom is -0.342 e. The zero-order chi connectivity index (χ0) is 12.6. The van der Waals surface area contributed by atoms with Gasteiger partial charge >= 0.3 is 0 Å². The molecule has 2 nitrogen and oxygen atoms in total. The van der Waals surface area contributed by atoms with Crippen molar-refractivity contribution in [2.24, 2.45) is 11.3 Å². The molecule has 0 bridgehead atoms. The Morgan fingerprint density at radius 3 is 3.16 bits per heavy atom. The maximum atomic E-state index is 12.4. The van der Waals surface area contributed by atoms with E-state index in [1.54, 1.807) is 0 Å². The Morgan fingerprint density at radius 2 is 2.21 bits per heavy atom. The minimum atomic E-state index is -0.150. The number of para-hydroxylation sites is 1. The summed E-state index contributed by atoms with van der Waals surface area (Å²) in [5.74, 6) is 0.929. The average molecular weight is 267 g/mol. The Bertz CT molecular complexity index is 690. The lowest BCUT2D eigenvalue weighted by molar-refractivity contribution is -0.123. The minimum absolute atomic E-state index is 0.150. The highest BCUT2D eigenvalue weighted by atomic mass is 32.2. The van der Waals surface area contributed by atoms with Crippen LogP contribution in [-0.4, -0.2) is 12.3 Å². The van der Waals surface area contributed by atoms with Gasteiger partial charge in [0.25, 0.3) is 0 Å². The van der Waals surface area contributed by atoms with Gasteiger partial charge in [0.15, 0.2) is 0 Å². The molecule has 2 unspecified atom stereocenters. The number of piperidine rings is 1. The number of carbonyl (C=O) groups excluding carboxylic acids is 1. The third kappa shape index (κ3) is 1.09. The highest BCUT2D eigenvalue weighted by Gasteiger charge is 2.65. The number of thioether (sulfide) groups is 1. The molecule has 1 spiro atoms. The molecule has 19 heavy (non-hydrogen) atoms. The van der Waals surface area contributed by atoms with E-state index in [1.807, 2.05) is 11.8 Å². The van der Waals surface area contributed by atoms with E-state index in [1.165, 1.54) is 21.2 Å².